The molecule has 0 spiro atoms. The van der Waals surface area contributed by atoms with Crippen molar-refractivity contribution in [2.75, 3.05) is 12.3 Å². The summed E-state index contributed by atoms with van der Waals surface area (Å²) in [7, 11) is 0. The molecule has 1 fully saturated rings. The van der Waals surface area contributed by atoms with Crippen molar-refractivity contribution in [3.05, 3.63) is 34.1 Å². The summed E-state index contributed by atoms with van der Waals surface area (Å²) in [4.78, 5) is 15.3. The Morgan fingerprint density at radius 3 is 2.90 bits per heavy atom. The molecule has 0 amide bonds. The van der Waals surface area contributed by atoms with E-state index in [4.69, 9.17) is 15.6 Å². The number of anilines is 1. The molecule has 112 valence electrons. The summed E-state index contributed by atoms with van der Waals surface area (Å²) < 4.78 is 35.4. The van der Waals surface area contributed by atoms with E-state index >= 15 is 0 Å². The molecule has 3 N–H and O–H groups in total. The van der Waals surface area contributed by atoms with Crippen LogP contribution in [0.2, 0.25) is 0 Å². The summed E-state index contributed by atoms with van der Waals surface area (Å²) >= 11 is 1.77. The van der Waals surface area contributed by atoms with E-state index in [-0.39, 0.29) is 23.3 Å². The van der Waals surface area contributed by atoms with Crippen molar-refractivity contribution in [2.45, 2.75) is 18.5 Å². The molecule has 1 aromatic rings. The molecular formula is C12H10F2IN3O3. The van der Waals surface area contributed by atoms with Crippen molar-refractivity contribution in [3.63, 3.8) is 0 Å². The maximum absolute atomic E-state index is 14.2. The molecule has 1 aromatic heterocycles. The average Bonchev–Trinajstić information content (AvgIpc) is 2.78. The zero-order valence-electron chi connectivity index (χ0n) is 10.5. The Labute approximate surface area is 131 Å². The molecule has 1 aliphatic rings. The zero-order chi connectivity index (χ0) is 15.6. The van der Waals surface area contributed by atoms with Gasteiger partial charge >= 0.3 is 5.69 Å². The van der Waals surface area contributed by atoms with Crippen molar-refractivity contribution in [1.29, 1.82) is 0 Å². The van der Waals surface area contributed by atoms with E-state index in [1.807, 2.05) is 0 Å². The van der Waals surface area contributed by atoms with Crippen LogP contribution in [0.4, 0.5) is 14.6 Å². The van der Waals surface area contributed by atoms with Gasteiger partial charge < -0.3 is 15.6 Å². The van der Waals surface area contributed by atoms with Gasteiger partial charge in [0, 0.05) is 34.4 Å². The van der Waals surface area contributed by atoms with Crippen LogP contribution in [0, 0.1) is 9.85 Å². The Kier molecular flexibility index (Phi) is 4.92. The summed E-state index contributed by atoms with van der Waals surface area (Å²) in [6.45, 7) is -0.607. The van der Waals surface area contributed by atoms with Crippen LogP contribution in [0.3, 0.4) is 0 Å². The predicted octanol–water partition coefficient (Wildman–Crippen LogP) is 0.651. The number of hydrogen-bond acceptors (Lipinski definition) is 5. The number of halogens is 3. The summed E-state index contributed by atoms with van der Waals surface area (Å²) in [6.07, 6.45) is -3.27. The van der Waals surface area contributed by atoms with Crippen molar-refractivity contribution >= 4 is 28.4 Å². The maximum atomic E-state index is 14.2. The van der Waals surface area contributed by atoms with E-state index in [0.29, 0.717) is 0 Å². The summed E-state index contributed by atoms with van der Waals surface area (Å²) in [5.41, 5.74) is 4.54. The molecule has 0 saturated carbocycles. The Morgan fingerprint density at radius 1 is 1.67 bits per heavy atom. The number of hydrogen-bond donors (Lipinski definition) is 2. The summed E-state index contributed by atoms with van der Waals surface area (Å²) in [5.74, 6) is 2.52. The molecule has 3 unspecified atom stereocenters. The van der Waals surface area contributed by atoms with Crippen LogP contribution in [0.15, 0.2) is 22.9 Å². The highest BCUT2D eigenvalue weighted by molar-refractivity contribution is 14.1. The van der Waals surface area contributed by atoms with Crippen molar-refractivity contribution in [3.8, 4) is 9.85 Å². The average molecular weight is 409 g/mol. The third kappa shape index (κ3) is 2.92. The van der Waals surface area contributed by atoms with Gasteiger partial charge in [-0.1, -0.05) is 5.92 Å². The largest absolute Gasteiger partial charge is 0.393 e. The van der Waals surface area contributed by atoms with Gasteiger partial charge in [-0.05, 0) is 3.93 Å². The van der Waals surface area contributed by atoms with Gasteiger partial charge in [-0.15, -0.1) is 0 Å². The monoisotopic (exact) mass is 409 g/mol. The maximum Gasteiger partial charge on any atom is 0.351 e. The molecule has 0 radical (unpaired) electrons. The lowest BCUT2D eigenvalue weighted by Gasteiger charge is -2.16. The molecule has 9 heteroatoms. The second kappa shape index (κ2) is 6.50. The molecule has 1 aliphatic heterocycles. The normalized spacial score (nSPS) is 26.7. The minimum absolute atomic E-state index is 0.0346. The first-order chi connectivity index (χ1) is 10.0. The molecule has 21 heavy (non-hydrogen) atoms. The van der Waals surface area contributed by atoms with E-state index in [2.05, 4.69) is 14.8 Å². The van der Waals surface area contributed by atoms with E-state index in [9.17, 15) is 13.6 Å². The van der Waals surface area contributed by atoms with Crippen molar-refractivity contribution in [1.82, 2.24) is 9.55 Å². The first-order valence-electron chi connectivity index (χ1n) is 5.74. The first kappa shape index (κ1) is 15.9. The summed E-state index contributed by atoms with van der Waals surface area (Å²) in [5, 5.41) is 9.06. The number of nitrogens with two attached hydrogens (primary N) is 1. The highest BCUT2D eigenvalue weighted by Crippen LogP contribution is 2.35. The lowest BCUT2D eigenvalue weighted by atomic mass is 10.1. The standard InChI is InChI=1S/C12H10F2IN3O3/c13-3-7-8(5-19)21-11(9(7)14)18-4-6(1-2-15)10(16)17-12(18)20/h3-4,8-9,11,19H,5H2,(H2,16,17,20). The fourth-order valence-electron chi connectivity index (χ4n) is 1.95. The van der Waals surface area contributed by atoms with Crippen LogP contribution in [-0.4, -0.2) is 33.5 Å². The predicted molar refractivity (Wildman–Crippen MR) is 78.9 cm³/mol. The number of rotatable bonds is 2. The van der Waals surface area contributed by atoms with Gasteiger partial charge in [0.25, 0.3) is 0 Å². The first-order valence-corrected chi connectivity index (χ1v) is 6.82. The van der Waals surface area contributed by atoms with E-state index < -0.39 is 30.8 Å². The lowest BCUT2D eigenvalue weighted by molar-refractivity contribution is -0.0375. The van der Waals surface area contributed by atoms with Crippen LogP contribution < -0.4 is 11.4 Å². The number of nitrogen functional groups attached to an aromatic ring is 1. The van der Waals surface area contributed by atoms with Crippen LogP contribution in [0.25, 0.3) is 0 Å². The Balaban J connectivity index is 2.49. The van der Waals surface area contributed by atoms with Crippen LogP contribution in [-0.2, 0) is 4.74 Å². The SMILES string of the molecule is Nc1nc(=O)n(C2OC(CO)C(=CF)C2F)cc1C#CI. The van der Waals surface area contributed by atoms with Gasteiger partial charge in [-0.25, -0.2) is 13.6 Å². The molecule has 2 heterocycles. The minimum Gasteiger partial charge on any atom is -0.393 e. The number of aliphatic hydroxyl groups excluding tert-OH is 1. The van der Waals surface area contributed by atoms with Crippen LogP contribution >= 0.6 is 22.6 Å². The molecule has 0 aliphatic carbocycles. The van der Waals surface area contributed by atoms with Crippen molar-refractivity contribution < 1.29 is 18.6 Å². The molecule has 6 nitrogen and oxygen atoms in total. The van der Waals surface area contributed by atoms with E-state index in [0.717, 1.165) is 4.57 Å². The highest BCUT2D eigenvalue weighted by Gasteiger charge is 2.42. The molecule has 0 bridgehead atoms. The Hall–Kier alpha value is -1.51. The molecule has 2 rings (SSSR count). The highest BCUT2D eigenvalue weighted by atomic mass is 127. The molecular weight excluding hydrogens is 399 g/mol. The summed E-state index contributed by atoms with van der Waals surface area (Å²) in [6, 6.07) is 0. The second-order valence-electron chi connectivity index (χ2n) is 4.16. The Morgan fingerprint density at radius 2 is 2.38 bits per heavy atom. The van der Waals surface area contributed by atoms with Gasteiger partial charge in [0.1, 0.15) is 11.9 Å². The van der Waals surface area contributed by atoms with Gasteiger partial charge in [0.05, 0.1) is 18.5 Å². The zero-order valence-corrected chi connectivity index (χ0v) is 12.6. The van der Waals surface area contributed by atoms with Crippen molar-refractivity contribution in [2.24, 2.45) is 0 Å². The number of aromatic nitrogens is 2. The van der Waals surface area contributed by atoms with Crippen LogP contribution in [0.1, 0.15) is 11.8 Å². The Bertz CT molecular complexity index is 695. The lowest BCUT2D eigenvalue weighted by Crippen LogP contribution is -2.31. The van der Waals surface area contributed by atoms with Gasteiger partial charge in [-0.2, -0.15) is 4.98 Å². The third-order valence-corrected chi connectivity index (χ3v) is 3.24. The third-order valence-electron chi connectivity index (χ3n) is 2.97. The number of aliphatic hydroxyl groups is 1. The molecule has 0 aromatic carbocycles. The fourth-order valence-corrected chi connectivity index (χ4v) is 2.25. The number of ether oxygens (including phenoxy) is 1. The molecule has 1 saturated heterocycles. The molecule has 3 atom stereocenters. The number of alkyl halides is 1. The van der Waals surface area contributed by atoms with Gasteiger partial charge in [0.15, 0.2) is 12.4 Å². The van der Waals surface area contributed by atoms with Crippen LogP contribution in [0.5, 0.6) is 0 Å². The number of nitrogens with zero attached hydrogens (tertiary/aromatic N) is 2. The van der Waals surface area contributed by atoms with E-state index in [1.54, 1.807) is 22.6 Å². The topological polar surface area (TPSA) is 90.4 Å². The van der Waals surface area contributed by atoms with Gasteiger partial charge in [-0.3, -0.25) is 4.57 Å². The second-order valence-corrected chi connectivity index (χ2v) is 4.70. The quantitative estimate of drug-likeness (QED) is 0.553. The fraction of sp³-hybridized carbons (Fsp3) is 0.333. The minimum atomic E-state index is -1.92. The van der Waals surface area contributed by atoms with E-state index in [1.165, 1.54) is 6.20 Å². The van der Waals surface area contributed by atoms with Gasteiger partial charge in [0.2, 0.25) is 0 Å². The smallest absolute Gasteiger partial charge is 0.351 e.